The molecule has 0 saturated carbocycles. The van der Waals surface area contributed by atoms with Crippen LogP contribution in [0.15, 0.2) is 12.3 Å². The van der Waals surface area contributed by atoms with Gasteiger partial charge in [-0.15, -0.1) is 0 Å². The zero-order chi connectivity index (χ0) is 11.3. The van der Waals surface area contributed by atoms with E-state index in [4.69, 9.17) is 0 Å². The molecule has 1 N–H and O–H groups in total. The number of aryl methyl sites for hydroxylation is 1. The van der Waals surface area contributed by atoms with Crippen LogP contribution in [0.5, 0.6) is 0 Å². The third-order valence-electron chi connectivity index (χ3n) is 2.63. The number of halogens is 1. The van der Waals surface area contributed by atoms with Crippen molar-refractivity contribution >= 4 is 15.9 Å². The normalized spacial score (nSPS) is 12.0. The summed E-state index contributed by atoms with van der Waals surface area (Å²) in [5.41, 5.74) is 1.49. The average molecular weight is 274 g/mol. The van der Waals surface area contributed by atoms with E-state index in [0.717, 1.165) is 24.7 Å². The molecule has 1 aromatic heterocycles. The number of hydrogen-bond donors (Lipinski definition) is 1. The molecule has 0 amide bonds. The fourth-order valence-electron chi connectivity index (χ4n) is 1.50. The van der Waals surface area contributed by atoms with E-state index >= 15 is 0 Å². The molecular weight excluding hydrogens is 254 g/mol. The number of alkyl halides is 1. The molecule has 0 bridgehead atoms. The van der Waals surface area contributed by atoms with Crippen LogP contribution < -0.4 is 5.32 Å². The Morgan fingerprint density at radius 1 is 1.53 bits per heavy atom. The number of nitrogens with one attached hydrogen (secondary N) is 1. The molecule has 4 heteroatoms. The van der Waals surface area contributed by atoms with Gasteiger partial charge in [-0.3, -0.25) is 4.68 Å². The van der Waals surface area contributed by atoms with Crippen molar-refractivity contribution in [2.24, 2.45) is 7.05 Å². The van der Waals surface area contributed by atoms with Gasteiger partial charge in [0, 0.05) is 42.8 Å². The fourth-order valence-corrected chi connectivity index (χ4v) is 2.49. The number of rotatable bonds is 6. The first-order chi connectivity index (χ1) is 7.05. The van der Waals surface area contributed by atoms with Gasteiger partial charge in [-0.05, 0) is 26.3 Å². The van der Waals surface area contributed by atoms with Gasteiger partial charge in [0.15, 0.2) is 0 Å². The van der Waals surface area contributed by atoms with Crippen LogP contribution in [-0.2, 0) is 13.5 Å². The van der Waals surface area contributed by atoms with Gasteiger partial charge in [0.1, 0.15) is 0 Å². The zero-order valence-corrected chi connectivity index (χ0v) is 11.3. The van der Waals surface area contributed by atoms with Crippen molar-refractivity contribution in [1.29, 1.82) is 0 Å². The van der Waals surface area contributed by atoms with Crippen molar-refractivity contribution in [3.05, 3.63) is 18.0 Å². The highest BCUT2D eigenvalue weighted by Gasteiger charge is 2.15. The number of aromatic nitrogens is 2. The minimum atomic E-state index is 0.210. The second-order valence-corrected chi connectivity index (χ2v) is 5.24. The van der Waals surface area contributed by atoms with E-state index in [9.17, 15) is 0 Å². The SMILES string of the molecule is Cn1nccc1CCNC(C)(C)CCBr. The van der Waals surface area contributed by atoms with E-state index in [0.29, 0.717) is 0 Å². The Bertz CT molecular complexity index is 294. The Hall–Kier alpha value is -0.350. The van der Waals surface area contributed by atoms with Gasteiger partial charge in [0.25, 0.3) is 0 Å². The van der Waals surface area contributed by atoms with E-state index in [1.54, 1.807) is 0 Å². The van der Waals surface area contributed by atoms with E-state index < -0.39 is 0 Å². The summed E-state index contributed by atoms with van der Waals surface area (Å²) in [7, 11) is 1.99. The lowest BCUT2D eigenvalue weighted by Crippen LogP contribution is -2.40. The average Bonchev–Trinajstić information content (AvgIpc) is 2.51. The summed E-state index contributed by atoms with van der Waals surface area (Å²) in [5.74, 6) is 0. The van der Waals surface area contributed by atoms with E-state index in [-0.39, 0.29) is 5.54 Å². The third kappa shape index (κ3) is 4.34. The van der Waals surface area contributed by atoms with Crippen molar-refractivity contribution in [3.63, 3.8) is 0 Å². The molecule has 0 fully saturated rings. The van der Waals surface area contributed by atoms with Crippen molar-refractivity contribution in [1.82, 2.24) is 15.1 Å². The highest BCUT2D eigenvalue weighted by molar-refractivity contribution is 9.09. The van der Waals surface area contributed by atoms with Gasteiger partial charge in [-0.1, -0.05) is 15.9 Å². The molecule has 1 aromatic rings. The fraction of sp³-hybridized carbons (Fsp3) is 0.727. The molecule has 1 rings (SSSR count). The Labute approximate surface area is 100 Å². The van der Waals surface area contributed by atoms with Gasteiger partial charge >= 0.3 is 0 Å². The molecule has 3 nitrogen and oxygen atoms in total. The van der Waals surface area contributed by atoms with E-state index in [2.05, 4.69) is 46.3 Å². The van der Waals surface area contributed by atoms with Crippen LogP contribution in [0.3, 0.4) is 0 Å². The lowest BCUT2D eigenvalue weighted by molar-refractivity contribution is 0.381. The molecule has 1 heterocycles. The molecular formula is C11H20BrN3. The summed E-state index contributed by atoms with van der Waals surface area (Å²) in [6.45, 7) is 5.47. The standard InChI is InChI=1S/C11H20BrN3/c1-11(2,6-7-12)13-8-4-10-5-9-14-15(10)3/h5,9,13H,4,6-8H2,1-3H3. The van der Waals surface area contributed by atoms with Crippen LogP contribution >= 0.6 is 15.9 Å². The van der Waals surface area contributed by atoms with E-state index in [1.807, 2.05) is 17.9 Å². The summed E-state index contributed by atoms with van der Waals surface area (Å²) in [5, 5.41) is 8.74. The highest BCUT2D eigenvalue weighted by Crippen LogP contribution is 2.09. The van der Waals surface area contributed by atoms with Gasteiger partial charge in [0.2, 0.25) is 0 Å². The predicted molar refractivity (Wildman–Crippen MR) is 67.4 cm³/mol. The summed E-state index contributed by atoms with van der Waals surface area (Å²) >= 11 is 3.47. The maximum atomic E-state index is 4.15. The first-order valence-corrected chi connectivity index (χ1v) is 6.45. The Balaban J connectivity index is 2.30. The molecule has 0 aliphatic heterocycles. The van der Waals surface area contributed by atoms with Gasteiger partial charge in [0.05, 0.1) is 0 Å². The molecule has 0 atom stereocenters. The molecule has 0 unspecified atom stereocenters. The summed E-state index contributed by atoms with van der Waals surface area (Å²) < 4.78 is 1.93. The minimum Gasteiger partial charge on any atom is -0.311 e. The topological polar surface area (TPSA) is 29.9 Å². The molecule has 86 valence electrons. The summed E-state index contributed by atoms with van der Waals surface area (Å²) in [6.07, 6.45) is 4.01. The molecule has 0 aromatic carbocycles. The molecule has 0 saturated heterocycles. The van der Waals surface area contributed by atoms with Gasteiger partial charge in [-0.2, -0.15) is 5.10 Å². The summed E-state index contributed by atoms with van der Waals surface area (Å²) in [4.78, 5) is 0. The van der Waals surface area contributed by atoms with Crippen molar-refractivity contribution in [2.75, 3.05) is 11.9 Å². The van der Waals surface area contributed by atoms with Crippen LogP contribution in [0, 0.1) is 0 Å². The molecule has 0 spiro atoms. The monoisotopic (exact) mass is 273 g/mol. The zero-order valence-electron chi connectivity index (χ0n) is 9.76. The van der Waals surface area contributed by atoms with Crippen LogP contribution in [0.25, 0.3) is 0 Å². The van der Waals surface area contributed by atoms with E-state index in [1.165, 1.54) is 5.69 Å². The first-order valence-electron chi connectivity index (χ1n) is 5.33. The van der Waals surface area contributed by atoms with Crippen LogP contribution in [-0.4, -0.2) is 27.2 Å². The minimum absolute atomic E-state index is 0.210. The third-order valence-corrected chi connectivity index (χ3v) is 3.02. The van der Waals surface area contributed by atoms with Gasteiger partial charge < -0.3 is 5.32 Å². The molecule has 15 heavy (non-hydrogen) atoms. The second kappa shape index (κ2) is 5.66. The highest BCUT2D eigenvalue weighted by atomic mass is 79.9. The Kier molecular flexibility index (Phi) is 4.80. The van der Waals surface area contributed by atoms with Crippen molar-refractivity contribution in [3.8, 4) is 0 Å². The van der Waals surface area contributed by atoms with Crippen molar-refractivity contribution < 1.29 is 0 Å². The maximum absolute atomic E-state index is 4.15. The lowest BCUT2D eigenvalue weighted by atomic mass is 10.0. The predicted octanol–water partition coefficient (Wildman–Crippen LogP) is 2.12. The number of nitrogens with zero attached hydrogens (tertiary/aromatic N) is 2. The van der Waals surface area contributed by atoms with Crippen LogP contribution in [0.4, 0.5) is 0 Å². The smallest absolute Gasteiger partial charge is 0.0492 e. The summed E-state index contributed by atoms with van der Waals surface area (Å²) in [6, 6.07) is 2.07. The molecule has 0 aliphatic carbocycles. The molecule has 0 radical (unpaired) electrons. The second-order valence-electron chi connectivity index (χ2n) is 4.45. The Morgan fingerprint density at radius 3 is 2.80 bits per heavy atom. The largest absolute Gasteiger partial charge is 0.311 e. The Morgan fingerprint density at radius 2 is 2.27 bits per heavy atom. The van der Waals surface area contributed by atoms with Crippen LogP contribution in [0.2, 0.25) is 0 Å². The van der Waals surface area contributed by atoms with Gasteiger partial charge in [-0.25, -0.2) is 0 Å². The quantitative estimate of drug-likeness (QED) is 0.805. The maximum Gasteiger partial charge on any atom is 0.0492 e. The molecule has 0 aliphatic rings. The first kappa shape index (κ1) is 12.7. The van der Waals surface area contributed by atoms with Crippen molar-refractivity contribution in [2.45, 2.75) is 32.2 Å². The lowest BCUT2D eigenvalue weighted by Gasteiger charge is -2.25. The number of hydrogen-bond acceptors (Lipinski definition) is 2. The van der Waals surface area contributed by atoms with Crippen LogP contribution in [0.1, 0.15) is 26.0 Å².